The van der Waals surface area contributed by atoms with Crippen LogP contribution in [0.3, 0.4) is 0 Å². The van der Waals surface area contributed by atoms with Crippen molar-refractivity contribution in [2.45, 2.75) is 13.5 Å². The van der Waals surface area contributed by atoms with Gasteiger partial charge in [0, 0.05) is 35.9 Å². The van der Waals surface area contributed by atoms with Gasteiger partial charge in [0.05, 0.1) is 6.61 Å². The number of hydrogen-bond donors (Lipinski definition) is 2. The Hall–Kier alpha value is -3.65. The monoisotopic (exact) mass is 410 g/mol. The lowest BCUT2D eigenvalue weighted by Crippen LogP contribution is -2.21. The molecule has 3 aromatic rings. The van der Waals surface area contributed by atoms with Crippen molar-refractivity contribution < 1.29 is 28.3 Å². The van der Waals surface area contributed by atoms with E-state index in [1.54, 1.807) is 36.4 Å². The average Bonchev–Trinajstić information content (AvgIpc) is 3.14. The standard InChI is InChI=1S/C22H22N2O6/c1-3-28-12-17-16-6-4-5-7-18(16)30-20(17)22(27)29-13-19(25)24-15-10-8-14(9-11-15)21(26)23-2/h4-11H,3,12-13H2,1-2H3,(H,23,26)(H,24,25). The number of furan rings is 1. The van der Waals surface area contributed by atoms with Crippen molar-refractivity contribution in [2.24, 2.45) is 0 Å². The number of anilines is 1. The van der Waals surface area contributed by atoms with E-state index < -0.39 is 18.5 Å². The van der Waals surface area contributed by atoms with Crippen molar-refractivity contribution in [3.63, 3.8) is 0 Å². The fourth-order valence-corrected chi connectivity index (χ4v) is 2.85. The van der Waals surface area contributed by atoms with E-state index in [1.165, 1.54) is 7.05 Å². The highest BCUT2D eigenvalue weighted by Gasteiger charge is 2.22. The fraction of sp³-hybridized carbons (Fsp3) is 0.227. The van der Waals surface area contributed by atoms with Crippen LogP contribution in [-0.4, -0.2) is 38.0 Å². The first-order chi connectivity index (χ1) is 14.5. The summed E-state index contributed by atoms with van der Waals surface area (Å²) in [4.78, 5) is 36.2. The Kier molecular flexibility index (Phi) is 6.82. The Bertz CT molecular complexity index is 1060. The summed E-state index contributed by atoms with van der Waals surface area (Å²) in [6.45, 7) is 2.05. The minimum absolute atomic E-state index is 0.0207. The second kappa shape index (κ2) is 9.71. The van der Waals surface area contributed by atoms with Gasteiger partial charge in [0.25, 0.3) is 11.8 Å². The number of esters is 1. The minimum atomic E-state index is -0.744. The van der Waals surface area contributed by atoms with Crippen LogP contribution < -0.4 is 10.6 Å². The molecular formula is C22H22N2O6. The van der Waals surface area contributed by atoms with E-state index in [9.17, 15) is 14.4 Å². The topological polar surface area (TPSA) is 107 Å². The van der Waals surface area contributed by atoms with Crippen LogP contribution in [0.25, 0.3) is 11.0 Å². The van der Waals surface area contributed by atoms with Crippen molar-refractivity contribution in [1.82, 2.24) is 5.32 Å². The Morgan fingerprint density at radius 3 is 2.47 bits per heavy atom. The van der Waals surface area contributed by atoms with Gasteiger partial charge in [-0.25, -0.2) is 4.79 Å². The number of ether oxygens (including phenoxy) is 2. The van der Waals surface area contributed by atoms with Gasteiger partial charge in [-0.2, -0.15) is 0 Å². The number of rotatable bonds is 8. The summed E-state index contributed by atoms with van der Waals surface area (Å²) < 4.78 is 16.2. The molecule has 30 heavy (non-hydrogen) atoms. The fourth-order valence-electron chi connectivity index (χ4n) is 2.85. The van der Waals surface area contributed by atoms with E-state index >= 15 is 0 Å². The Morgan fingerprint density at radius 2 is 1.77 bits per heavy atom. The van der Waals surface area contributed by atoms with Crippen molar-refractivity contribution in [3.05, 3.63) is 65.4 Å². The van der Waals surface area contributed by atoms with Gasteiger partial charge in [0.2, 0.25) is 5.76 Å². The lowest BCUT2D eigenvalue weighted by atomic mass is 10.1. The highest BCUT2D eigenvalue weighted by molar-refractivity contribution is 5.99. The lowest BCUT2D eigenvalue weighted by Gasteiger charge is -2.07. The van der Waals surface area contributed by atoms with Gasteiger partial charge >= 0.3 is 5.97 Å². The molecule has 0 radical (unpaired) electrons. The molecule has 0 atom stereocenters. The van der Waals surface area contributed by atoms with E-state index in [1.807, 2.05) is 19.1 Å². The van der Waals surface area contributed by atoms with Crippen LogP contribution in [0, 0.1) is 0 Å². The zero-order chi connectivity index (χ0) is 21.5. The predicted molar refractivity (Wildman–Crippen MR) is 110 cm³/mol. The second-order valence-corrected chi connectivity index (χ2v) is 6.32. The third-order valence-corrected chi connectivity index (χ3v) is 4.33. The first kappa shape index (κ1) is 21.1. The SMILES string of the molecule is CCOCc1c(C(=O)OCC(=O)Nc2ccc(C(=O)NC)cc2)oc2ccccc12. The zero-order valence-electron chi connectivity index (χ0n) is 16.7. The number of benzene rings is 2. The normalized spacial score (nSPS) is 10.6. The number of para-hydroxylation sites is 1. The van der Waals surface area contributed by atoms with Gasteiger partial charge in [-0.15, -0.1) is 0 Å². The number of carbonyl (C=O) groups excluding carboxylic acids is 3. The largest absolute Gasteiger partial charge is 0.450 e. The van der Waals surface area contributed by atoms with Crippen LogP contribution in [0.15, 0.2) is 52.9 Å². The molecule has 0 bridgehead atoms. The zero-order valence-corrected chi connectivity index (χ0v) is 16.7. The molecule has 0 fully saturated rings. The maximum atomic E-state index is 12.5. The number of nitrogens with one attached hydrogen (secondary N) is 2. The smallest absolute Gasteiger partial charge is 0.375 e. The number of fused-ring (bicyclic) bond motifs is 1. The molecule has 0 spiro atoms. The molecule has 0 saturated heterocycles. The van der Waals surface area contributed by atoms with E-state index in [4.69, 9.17) is 13.9 Å². The highest BCUT2D eigenvalue weighted by Crippen LogP contribution is 2.27. The average molecular weight is 410 g/mol. The molecule has 3 rings (SSSR count). The molecule has 2 amide bonds. The van der Waals surface area contributed by atoms with Crippen LogP contribution in [0.5, 0.6) is 0 Å². The Balaban J connectivity index is 1.64. The maximum Gasteiger partial charge on any atom is 0.375 e. The third kappa shape index (κ3) is 4.84. The van der Waals surface area contributed by atoms with Crippen LogP contribution in [-0.2, 0) is 20.9 Å². The molecule has 0 saturated carbocycles. The third-order valence-electron chi connectivity index (χ3n) is 4.33. The van der Waals surface area contributed by atoms with Gasteiger partial charge in [-0.05, 0) is 37.3 Å². The predicted octanol–water partition coefficient (Wildman–Crippen LogP) is 3.12. The van der Waals surface area contributed by atoms with Crippen molar-refractivity contribution in [1.29, 1.82) is 0 Å². The Labute approximate surface area is 173 Å². The summed E-state index contributed by atoms with van der Waals surface area (Å²) in [6.07, 6.45) is 0. The molecule has 0 aliphatic carbocycles. The summed E-state index contributed by atoms with van der Waals surface area (Å²) in [5, 5.41) is 5.88. The molecular weight excluding hydrogens is 388 g/mol. The second-order valence-electron chi connectivity index (χ2n) is 6.32. The molecule has 2 N–H and O–H groups in total. The van der Waals surface area contributed by atoms with Gasteiger partial charge in [-0.1, -0.05) is 18.2 Å². The van der Waals surface area contributed by atoms with Crippen LogP contribution in [0.4, 0.5) is 5.69 Å². The van der Waals surface area contributed by atoms with Gasteiger partial charge in [0.1, 0.15) is 5.58 Å². The van der Waals surface area contributed by atoms with E-state index in [2.05, 4.69) is 10.6 Å². The molecule has 156 valence electrons. The number of carbonyl (C=O) groups is 3. The van der Waals surface area contributed by atoms with Crippen molar-refractivity contribution in [2.75, 3.05) is 25.6 Å². The lowest BCUT2D eigenvalue weighted by molar-refractivity contribution is -0.119. The molecule has 2 aromatic carbocycles. The van der Waals surface area contributed by atoms with Crippen molar-refractivity contribution >= 4 is 34.4 Å². The molecule has 8 nitrogen and oxygen atoms in total. The molecule has 0 unspecified atom stereocenters. The quantitative estimate of drug-likeness (QED) is 0.553. The summed E-state index contributed by atoms with van der Waals surface area (Å²) in [5.41, 5.74) is 2.07. The van der Waals surface area contributed by atoms with E-state index in [0.717, 1.165) is 5.39 Å². The van der Waals surface area contributed by atoms with Gasteiger partial charge < -0.3 is 24.5 Å². The van der Waals surface area contributed by atoms with Gasteiger partial charge in [-0.3, -0.25) is 9.59 Å². The van der Waals surface area contributed by atoms with Gasteiger partial charge in [0.15, 0.2) is 6.61 Å². The van der Waals surface area contributed by atoms with Crippen LogP contribution in [0.2, 0.25) is 0 Å². The molecule has 1 aromatic heterocycles. The van der Waals surface area contributed by atoms with E-state index in [0.29, 0.717) is 29.0 Å². The van der Waals surface area contributed by atoms with Crippen LogP contribution in [0.1, 0.15) is 33.4 Å². The first-order valence-electron chi connectivity index (χ1n) is 9.40. The summed E-state index contributed by atoms with van der Waals surface area (Å²) in [7, 11) is 1.54. The minimum Gasteiger partial charge on any atom is -0.450 e. The molecule has 8 heteroatoms. The van der Waals surface area contributed by atoms with Crippen LogP contribution >= 0.6 is 0 Å². The van der Waals surface area contributed by atoms with Crippen molar-refractivity contribution in [3.8, 4) is 0 Å². The summed E-state index contributed by atoms with van der Waals surface area (Å²) in [5.74, 6) is -1.47. The first-order valence-corrected chi connectivity index (χ1v) is 9.40. The molecule has 0 aliphatic rings. The highest BCUT2D eigenvalue weighted by atomic mass is 16.5. The number of amides is 2. The number of hydrogen-bond acceptors (Lipinski definition) is 6. The Morgan fingerprint density at radius 1 is 1.03 bits per heavy atom. The molecule has 1 heterocycles. The maximum absolute atomic E-state index is 12.5. The van der Waals surface area contributed by atoms with E-state index in [-0.39, 0.29) is 18.3 Å². The summed E-state index contributed by atoms with van der Waals surface area (Å²) >= 11 is 0. The summed E-state index contributed by atoms with van der Waals surface area (Å²) in [6, 6.07) is 13.5. The molecule has 0 aliphatic heterocycles.